The van der Waals surface area contributed by atoms with E-state index in [4.69, 9.17) is 22.1 Å². The Bertz CT molecular complexity index is 842. The Labute approximate surface area is 139 Å². The molecule has 1 spiro atoms. The van der Waals surface area contributed by atoms with Crippen molar-refractivity contribution in [2.45, 2.75) is 5.41 Å². The molecule has 1 atom stereocenters. The van der Waals surface area contributed by atoms with Gasteiger partial charge in [0.2, 0.25) is 0 Å². The number of pyridine rings is 1. The van der Waals surface area contributed by atoms with Crippen molar-refractivity contribution in [3.63, 3.8) is 0 Å². The lowest BCUT2D eigenvalue weighted by molar-refractivity contribution is 0.385. The summed E-state index contributed by atoms with van der Waals surface area (Å²) in [6.45, 7) is 0.498. The molecule has 0 saturated carbocycles. The maximum Gasteiger partial charge on any atom is 0.257 e. The summed E-state index contributed by atoms with van der Waals surface area (Å²) < 4.78 is 20.9. The molecule has 3 heterocycles. The first-order valence-electron chi connectivity index (χ1n) is 6.56. The van der Waals surface area contributed by atoms with Crippen molar-refractivity contribution in [1.82, 2.24) is 10.3 Å². The highest BCUT2D eigenvalue weighted by Gasteiger charge is 2.45. The molecule has 0 amide bonds. The largest absolute Gasteiger partial charge is 0.452 e. The maximum absolute atomic E-state index is 14.2. The van der Waals surface area contributed by atoms with E-state index in [9.17, 15) is 4.39 Å². The standard InChI is InChI=1S/C15H10BrClFN3O/c16-7-1-2-10-8(3-7)15(5-12(19)20-6-15)9-4-11(17)21-14(18)13(9)22-10/h1-5,20H,6,19H2. The van der Waals surface area contributed by atoms with E-state index in [2.05, 4.69) is 26.2 Å². The van der Waals surface area contributed by atoms with Crippen LogP contribution < -0.4 is 15.8 Å². The third-order valence-electron chi connectivity index (χ3n) is 3.99. The van der Waals surface area contributed by atoms with Gasteiger partial charge in [-0.3, -0.25) is 0 Å². The van der Waals surface area contributed by atoms with E-state index >= 15 is 0 Å². The molecule has 0 radical (unpaired) electrons. The van der Waals surface area contributed by atoms with E-state index in [0.717, 1.165) is 10.0 Å². The molecule has 1 aromatic heterocycles. The smallest absolute Gasteiger partial charge is 0.257 e. The van der Waals surface area contributed by atoms with Gasteiger partial charge in [-0.25, -0.2) is 4.98 Å². The average Bonchev–Trinajstić information content (AvgIpc) is 2.85. The second-order valence-electron chi connectivity index (χ2n) is 5.28. The van der Waals surface area contributed by atoms with Crippen LogP contribution in [0.1, 0.15) is 11.1 Å². The summed E-state index contributed by atoms with van der Waals surface area (Å²) in [5.74, 6) is 0.472. The van der Waals surface area contributed by atoms with Gasteiger partial charge in [-0.15, -0.1) is 0 Å². The minimum atomic E-state index is -0.727. The molecule has 2 aromatic rings. The van der Waals surface area contributed by atoms with Crippen molar-refractivity contribution in [2.75, 3.05) is 6.54 Å². The number of fused-ring (bicyclic) bond motifs is 4. The van der Waals surface area contributed by atoms with Gasteiger partial charge in [0.1, 0.15) is 10.9 Å². The quantitative estimate of drug-likeness (QED) is 0.685. The number of benzene rings is 1. The van der Waals surface area contributed by atoms with Crippen LogP contribution >= 0.6 is 27.5 Å². The number of hydrogen-bond acceptors (Lipinski definition) is 4. The van der Waals surface area contributed by atoms with Crippen LogP contribution in [0.5, 0.6) is 11.5 Å². The van der Waals surface area contributed by atoms with Crippen molar-refractivity contribution in [1.29, 1.82) is 0 Å². The van der Waals surface area contributed by atoms with E-state index < -0.39 is 11.4 Å². The van der Waals surface area contributed by atoms with Crippen LogP contribution in [0.4, 0.5) is 4.39 Å². The molecule has 0 bridgehead atoms. The molecule has 1 unspecified atom stereocenters. The first-order valence-corrected chi connectivity index (χ1v) is 7.73. The number of nitrogens with two attached hydrogens (primary N) is 1. The molecule has 7 heteroatoms. The maximum atomic E-state index is 14.2. The number of halogens is 3. The highest BCUT2D eigenvalue weighted by Crippen LogP contribution is 2.51. The van der Waals surface area contributed by atoms with Gasteiger partial charge in [0, 0.05) is 22.1 Å². The van der Waals surface area contributed by atoms with Gasteiger partial charge in [0.15, 0.2) is 5.75 Å². The van der Waals surface area contributed by atoms with Gasteiger partial charge in [-0.1, -0.05) is 27.5 Å². The summed E-state index contributed by atoms with van der Waals surface area (Å²) in [5, 5.41) is 3.18. The fraction of sp³-hybridized carbons (Fsp3) is 0.133. The summed E-state index contributed by atoms with van der Waals surface area (Å²) in [6.07, 6.45) is 1.87. The number of nitrogens with zero attached hydrogens (tertiary/aromatic N) is 1. The molecule has 4 nitrogen and oxygen atoms in total. The number of rotatable bonds is 0. The normalized spacial score (nSPS) is 21.7. The molecule has 112 valence electrons. The Morgan fingerprint density at radius 2 is 2.18 bits per heavy atom. The number of ether oxygens (including phenoxy) is 1. The molecule has 1 aromatic carbocycles. The van der Waals surface area contributed by atoms with Crippen LogP contribution in [0.3, 0.4) is 0 Å². The molecule has 22 heavy (non-hydrogen) atoms. The molecule has 3 N–H and O–H groups in total. The van der Waals surface area contributed by atoms with Gasteiger partial charge in [0.05, 0.1) is 11.2 Å². The fourth-order valence-corrected chi connectivity index (χ4v) is 3.60. The Kier molecular flexibility index (Phi) is 2.90. The van der Waals surface area contributed by atoms with Crippen LogP contribution in [0.15, 0.2) is 40.6 Å². The third-order valence-corrected chi connectivity index (χ3v) is 4.68. The van der Waals surface area contributed by atoms with Gasteiger partial charge in [0.25, 0.3) is 5.95 Å². The van der Waals surface area contributed by atoms with Gasteiger partial charge in [-0.2, -0.15) is 4.39 Å². The highest BCUT2D eigenvalue weighted by atomic mass is 79.9. The minimum absolute atomic E-state index is 0.0801. The fourth-order valence-electron chi connectivity index (χ4n) is 3.05. The van der Waals surface area contributed by atoms with Crippen LogP contribution in [0.2, 0.25) is 5.15 Å². The zero-order chi connectivity index (χ0) is 15.5. The second kappa shape index (κ2) is 4.60. The Morgan fingerprint density at radius 1 is 1.36 bits per heavy atom. The monoisotopic (exact) mass is 381 g/mol. The molecule has 2 aliphatic rings. The summed E-state index contributed by atoms with van der Waals surface area (Å²) in [7, 11) is 0. The van der Waals surface area contributed by atoms with E-state index in [1.165, 1.54) is 0 Å². The SMILES string of the molecule is NC1=CC2(CN1)c1cc(Br)ccc1Oc1c2cc(Cl)nc1F. The van der Waals surface area contributed by atoms with Crippen LogP contribution in [0, 0.1) is 5.95 Å². The Balaban J connectivity index is 2.08. The summed E-state index contributed by atoms with van der Waals surface area (Å²) >= 11 is 9.41. The summed E-state index contributed by atoms with van der Waals surface area (Å²) in [5.41, 5.74) is 6.80. The van der Waals surface area contributed by atoms with Crippen LogP contribution in [0.25, 0.3) is 0 Å². The van der Waals surface area contributed by atoms with Crippen molar-refractivity contribution in [2.24, 2.45) is 5.73 Å². The van der Waals surface area contributed by atoms with Crippen LogP contribution in [-0.4, -0.2) is 11.5 Å². The van der Waals surface area contributed by atoms with Gasteiger partial charge >= 0.3 is 0 Å². The van der Waals surface area contributed by atoms with Gasteiger partial charge in [-0.05, 0) is 30.3 Å². The molecular formula is C15H10BrClFN3O. The predicted molar refractivity (Wildman–Crippen MR) is 84.5 cm³/mol. The van der Waals surface area contributed by atoms with E-state index in [-0.39, 0.29) is 10.9 Å². The Morgan fingerprint density at radius 3 is 2.91 bits per heavy atom. The van der Waals surface area contributed by atoms with E-state index in [1.54, 1.807) is 12.1 Å². The second-order valence-corrected chi connectivity index (χ2v) is 6.58. The van der Waals surface area contributed by atoms with Crippen molar-refractivity contribution < 1.29 is 9.13 Å². The number of hydrogen-bond donors (Lipinski definition) is 2. The van der Waals surface area contributed by atoms with E-state index in [0.29, 0.717) is 23.7 Å². The number of nitrogens with one attached hydrogen (secondary N) is 1. The lowest BCUT2D eigenvalue weighted by Crippen LogP contribution is -2.34. The van der Waals surface area contributed by atoms with Gasteiger partial charge < -0.3 is 15.8 Å². The first-order chi connectivity index (χ1) is 10.5. The minimum Gasteiger partial charge on any atom is -0.452 e. The third kappa shape index (κ3) is 1.84. The lowest BCUT2D eigenvalue weighted by Gasteiger charge is -2.35. The van der Waals surface area contributed by atoms with E-state index in [1.807, 2.05) is 18.2 Å². The summed E-state index contributed by atoms with van der Waals surface area (Å²) in [6, 6.07) is 7.20. The topological polar surface area (TPSA) is 60.2 Å². The molecule has 4 rings (SSSR count). The zero-order valence-electron chi connectivity index (χ0n) is 11.2. The predicted octanol–water partition coefficient (Wildman–Crippen LogP) is 3.43. The Hall–Kier alpha value is -1.79. The summed E-state index contributed by atoms with van der Waals surface area (Å²) in [4.78, 5) is 3.64. The van der Waals surface area contributed by atoms with Crippen molar-refractivity contribution >= 4 is 27.5 Å². The molecule has 0 fully saturated rings. The van der Waals surface area contributed by atoms with Crippen LogP contribution in [-0.2, 0) is 5.41 Å². The molecule has 0 saturated heterocycles. The number of aromatic nitrogens is 1. The molecule has 2 aliphatic heterocycles. The molecular weight excluding hydrogens is 373 g/mol. The zero-order valence-corrected chi connectivity index (χ0v) is 13.5. The molecule has 0 aliphatic carbocycles. The first kappa shape index (κ1) is 13.8. The van der Waals surface area contributed by atoms with Crippen molar-refractivity contribution in [3.8, 4) is 11.5 Å². The average molecular weight is 383 g/mol. The lowest BCUT2D eigenvalue weighted by atomic mass is 9.73. The van der Waals surface area contributed by atoms with Crippen molar-refractivity contribution in [3.05, 3.63) is 62.9 Å². The highest BCUT2D eigenvalue weighted by molar-refractivity contribution is 9.10.